The summed E-state index contributed by atoms with van der Waals surface area (Å²) in [6.07, 6.45) is 10.7. The topological polar surface area (TPSA) is 0 Å². The third kappa shape index (κ3) is 2.91. The Kier molecular flexibility index (Phi) is 3.94. The first kappa shape index (κ1) is 12.5. The average Bonchev–Trinajstić information content (AvgIpc) is 3.23. The van der Waals surface area contributed by atoms with Gasteiger partial charge in [0, 0.05) is 5.38 Å². The number of rotatable bonds is 5. The highest BCUT2D eigenvalue weighted by atomic mass is 35.5. The number of halogens is 1. The summed E-state index contributed by atoms with van der Waals surface area (Å²) in [4.78, 5) is 0. The molecule has 2 aliphatic rings. The third-order valence-corrected chi connectivity index (χ3v) is 5.23. The normalized spacial score (nSPS) is 24.6. The molecule has 1 aromatic carbocycles. The molecule has 0 saturated heterocycles. The Bertz CT molecular complexity index is 394. The molecule has 0 spiro atoms. The van der Waals surface area contributed by atoms with Gasteiger partial charge in [-0.1, -0.05) is 30.7 Å². The quantitative estimate of drug-likeness (QED) is 0.632. The molecule has 0 aliphatic heterocycles. The van der Waals surface area contributed by atoms with E-state index >= 15 is 0 Å². The highest BCUT2D eigenvalue weighted by Crippen LogP contribution is 2.39. The number of aryl methyl sites for hydroxylation is 1. The van der Waals surface area contributed by atoms with Crippen LogP contribution in [0, 0.1) is 5.92 Å². The van der Waals surface area contributed by atoms with Gasteiger partial charge in [-0.2, -0.15) is 0 Å². The lowest BCUT2D eigenvalue weighted by Gasteiger charge is -2.25. The molecule has 3 rings (SSSR count). The standard InChI is InChI=1S/C17H23Cl/c18-17(15-11-12-15)10-4-8-14-7-3-6-13-5-1-2-9-16(13)14/h1-2,5,9,14-15,17H,3-4,6-8,10-12H2. The molecular weight excluding hydrogens is 240 g/mol. The van der Waals surface area contributed by atoms with Gasteiger partial charge < -0.3 is 0 Å². The van der Waals surface area contributed by atoms with Gasteiger partial charge in [0.2, 0.25) is 0 Å². The molecule has 1 heteroatoms. The Labute approximate surface area is 116 Å². The second-order valence-corrected chi connectivity index (χ2v) is 6.63. The number of benzene rings is 1. The molecule has 2 aliphatic carbocycles. The third-order valence-electron chi connectivity index (χ3n) is 4.66. The zero-order valence-corrected chi connectivity index (χ0v) is 11.8. The minimum absolute atomic E-state index is 0.462. The van der Waals surface area contributed by atoms with Crippen LogP contribution < -0.4 is 0 Å². The summed E-state index contributed by atoms with van der Waals surface area (Å²) in [6.45, 7) is 0. The molecule has 98 valence electrons. The zero-order valence-electron chi connectivity index (χ0n) is 11.1. The molecule has 0 bridgehead atoms. The van der Waals surface area contributed by atoms with Crippen LogP contribution in [0.3, 0.4) is 0 Å². The predicted octanol–water partition coefficient (Wildman–Crippen LogP) is 5.29. The van der Waals surface area contributed by atoms with Crippen molar-refractivity contribution < 1.29 is 0 Å². The molecular formula is C17H23Cl. The van der Waals surface area contributed by atoms with Crippen molar-refractivity contribution >= 4 is 11.6 Å². The van der Waals surface area contributed by atoms with Crippen molar-refractivity contribution in [1.29, 1.82) is 0 Å². The van der Waals surface area contributed by atoms with E-state index in [1.165, 1.54) is 51.4 Å². The van der Waals surface area contributed by atoms with Crippen molar-refractivity contribution in [3.05, 3.63) is 35.4 Å². The maximum atomic E-state index is 6.40. The summed E-state index contributed by atoms with van der Waals surface area (Å²) in [5.41, 5.74) is 3.22. The molecule has 0 nitrogen and oxygen atoms in total. The van der Waals surface area contributed by atoms with Crippen LogP contribution in [0.15, 0.2) is 24.3 Å². The van der Waals surface area contributed by atoms with E-state index < -0.39 is 0 Å². The highest BCUT2D eigenvalue weighted by Gasteiger charge is 2.29. The highest BCUT2D eigenvalue weighted by molar-refractivity contribution is 6.20. The van der Waals surface area contributed by atoms with Crippen molar-refractivity contribution in [2.75, 3.05) is 0 Å². The van der Waals surface area contributed by atoms with Crippen LogP contribution >= 0.6 is 11.6 Å². The van der Waals surface area contributed by atoms with Gasteiger partial charge in [-0.3, -0.25) is 0 Å². The molecule has 1 fully saturated rings. The number of hydrogen-bond donors (Lipinski definition) is 0. The van der Waals surface area contributed by atoms with Gasteiger partial charge in [0.25, 0.3) is 0 Å². The van der Waals surface area contributed by atoms with E-state index in [-0.39, 0.29) is 0 Å². The fourth-order valence-corrected chi connectivity index (χ4v) is 3.81. The van der Waals surface area contributed by atoms with Crippen LogP contribution in [0.1, 0.15) is 62.0 Å². The van der Waals surface area contributed by atoms with Crippen molar-refractivity contribution in [3.63, 3.8) is 0 Å². The van der Waals surface area contributed by atoms with E-state index in [1.54, 1.807) is 11.1 Å². The summed E-state index contributed by atoms with van der Waals surface area (Å²) in [6, 6.07) is 9.04. The Morgan fingerprint density at radius 3 is 2.83 bits per heavy atom. The van der Waals surface area contributed by atoms with E-state index in [0.29, 0.717) is 5.38 Å². The first-order valence-electron chi connectivity index (χ1n) is 7.56. The minimum Gasteiger partial charge on any atom is -0.123 e. The second-order valence-electron chi connectivity index (χ2n) is 6.07. The number of fused-ring (bicyclic) bond motifs is 1. The summed E-state index contributed by atoms with van der Waals surface area (Å²) < 4.78 is 0. The SMILES string of the molecule is ClC(CCCC1CCCc2ccccc21)C1CC1. The Morgan fingerprint density at radius 2 is 2.00 bits per heavy atom. The lowest BCUT2D eigenvalue weighted by Crippen LogP contribution is -2.10. The largest absolute Gasteiger partial charge is 0.123 e. The first-order valence-corrected chi connectivity index (χ1v) is 8.00. The van der Waals surface area contributed by atoms with Crippen LogP contribution in [-0.2, 0) is 6.42 Å². The van der Waals surface area contributed by atoms with Gasteiger partial charge >= 0.3 is 0 Å². The molecule has 0 heterocycles. The van der Waals surface area contributed by atoms with Gasteiger partial charge in [-0.05, 0) is 67.9 Å². The lowest BCUT2D eigenvalue weighted by atomic mass is 9.80. The van der Waals surface area contributed by atoms with E-state index in [9.17, 15) is 0 Å². The van der Waals surface area contributed by atoms with E-state index in [2.05, 4.69) is 24.3 Å². The average molecular weight is 263 g/mol. The Morgan fingerprint density at radius 1 is 1.17 bits per heavy atom. The summed E-state index contributed by atoms with van der Waals surface area (Å²) in [5.74, 6) is 1.66. The monoisotopic (exact) mass is 262 g/mol. The van der Waals surface area contributed by atoms with Crippen LogP contribution in [0.25, 0.3) is 0 Å². The fourth-order valence-electron chi connectivity index (χ4n) is 3.41. The van der Waals surface area contributed by atoms with Crippen molar-refractivity contribution in [1.82, 2.24) is 0 Å². The van der Waals surface area contributed by atoms with Gasteiger partial charge in [-0.15, -0.1) is 11.6 Å². The molecule has 0 N–H and O–H groups in total. The molecule has 2 atom stereocenters. The van der Waals surface area contributed by atoms with Crippen LogP contribution in [0.2, 0.25) is 0 Å². The molecule has 0 amide bonds. The second kappa shape index (κ2) is 5.65. The van der Waals surface area contributed by atoms with Crippen molar-refractivity contribution in [2.45, 2.75) is 62.7 Å². The maximum absolute atomic E-state index is 6.40. The molecule has 1 aromatic rings. The van der Waals surface area contributed by atoms with Crippen molar-refractivity contribution in [2.24, 2.45) is 5.92 Å². The predicted molar refractivity (Wildman–Crippen MR) is 78.3 cm³/mol. The van der Waals surface area contributed by atoms with E-state index in [0.717, 1.165) is 11.8 Å². The smallest absolute Gasteiger partial charge is 0.0364 e. The minimum atomic E-state index is 0.462. The van der Waals surface area contributed by atoms with Crippen LogP contribution in [0.4, 0.5) is 0 Å². The molecule has 2 unspecified atom stereocenters. The Balaban J connectivity index is 1.53. The van der Waals surface area contributed by atoms with Gasteiger partial charge in [0.05, 0.1) is 0 Å². The molecule has 18 heavy (non-hydrogen) atoms. The van der Waals surface area contributed by atoms with Crippen LogP contribution in [0.5, 0.6) is 0 Å². The summed E-state index contributed by atoms with van der Waals surface area (Å²) >= 11 is 6.40. The van der Waals surface area contributed by atoms with E-state index in [4.69, 9.17) is 11.6 Å². The van der Waals surface area contributed by atoms with Crippen LogP contribution in [-0.4, -0.2) is 5.38 Å². The Hall–Kier alpha value is -0.490. The van der Waals surface area contributed by atoms with Gasteiger partial charge in [0.15, 0.2) is 0 Å². The van der Waals surface area contributed by atoms with Gasteiger partial charge in [-0.25, -0.2) is 0 Å². The van der Waals surface area contributed by atoms with Gasteiger partial charge in [0.1, 0.15) is 0 Å². The summed E-state index contributed by atoms with van der Waals surface area (Å²) in [7, 11) is 0. The molecule has 1 saturated carbocycles. The lowest BCUT2D eigenvalue weighted by molar-refractivity contribution is 0.486. The number of alkyl halides is 1. The van der Waals surface area contributed by atoms with E-state index in [1.807, 2.05) is 0 Å². The summed E-state index contributed by atoms with van der Waals surface area (Å²) in [5, 5.41) is 0.462. The zero-order chi connectivity index (χ0) is 12.4. The maximum Gasteiger partial charge on any atom is 0.0364 e. The molecule has 0 aromatic heterocycles. The molecule has 0 radical (unpaired) electrons. The van der Waals surface area contributed by atoms with Crippen molar-refractivity contribution in [3.8, 4) is 0 Å². The number of hydrogen-bond acceptors (Lipinski definition) is 0. The fraction of sp³-hybridized carbons (Fsp3) is 0.647. The first-order chi connectivity index (χ1) is 8.84.